The van der Waals surface area contributed by atoms with Crippen LogP contribution in [0.3, 0.4) is 0 Å². The van der Waals surface area contributed by atoms with Crippen LogP contribution in [0.2, 0.25) is 5.02 Å². The Morgan fingerprint density at radius 1 is 1.18 bits per heavy atom. The molecule has 0 bridgehead atoms. The maximum Gasteiger partial charge on any atom is 0.252 e. The van der Waals surface area contributed by atoms with Crippen molar-refractivity contribution in [3.63, 3.8) is 0 Å². The quantitative estimate of drug-likeness (QED) is 0.332. The normalized spacial score (nSPS) is 11.6. The minimum atomic E-state index is -0.385. The van der Waals surface area contributed by atoms with E-state index in [0.29, 0.717) is 33.8 Å². The number of nitrogens with one attached hydrogen (secondary N) is 2. The first kappa shape index (κ1) is 24.5. The van der Waals surface area contributed by atoms with Gasteiger partial charge in [0.1, 0.15) is 0 Å². The topological polar surface area (TPSA) is 88.9 Å². The Hall–Kier alpha value is -3.10. The van der Waals surface area contributed by atoms with Gasteiger partial charge >= 0.3 is 0 Å². The SMILES string of the molecule is C=CCn1c(SCC(=O)Nc2ccc(Cl)cc2C)nnc1C(C)NC(=O)c1ccccc1C. The van der Waals surface area contributed by atoms with E-state index in [0.717, 1.165) is 11.1 Å². The number of halogens is 1. The molecular formula is C24H26ClN5O2S. The lowest BCUT2D eigenvalue weighted by Crippen LogP contribution is -2.29. The Bertz CT molecular complexity index is 1180. The summed E-state index contributed by atoms with van der Waals surface area (Å²) in [6.45, 7) is 9.88. The maximum atomic E-state index is 12.7. The van der Waals surface area contributed by atoms with Gasteiger partial charge in [0.2, 0.25) is 5.91 Å². The fraction of sp³-hybridized carbons (Fsp3) is 0.250. The van der Waals surface area contributed by atoms with Crippen molar-refractivity contribution < 1.29 is 9.59 Å². The monoisotopic (exact) mass is 483 g/mol. The molecule has 0 radical (unpaired) electrons. The number of thioether (sulfide) groups is 1. The number of allylic oxidation sites excluding steroid dienone is 1. The van der Waals surface area contributed by atoms with Gasteiger partial charge in [-0.3, -0.25) is 9.59 Å². The van der Waals surface area contributed by atoms with E-state index in [1.54, 1.807) is 30.3 Å². The third kappa shape index (κ3) is 6.24. The molecule has 0 spiro atoms. The molecule has 0 saturated carbocycles. The first-order valence-corrected chi connectivity index (χ1v) is 11.8. The Morgan fingerprint density at radius 3 is 2.64 bits per heavy atom. The van der Waals surface area contributed by atoms with Crippen LogP contribution in [-0.2, 0) is 11.3 Å². The molecule has 0 aliphatic carbocycles. The highest BCUT2D eigenvalue weighted by molar-refractivity contribution is 7.99. The highest BCUT2D eigenvalue weighted by atomic mass is 35.5. The van der Waals surface area contributed by atoms with Gasteiger partial charge in [0.05, 0.1) is 11.8 Å². The number of carbonyl (C=O) groups excluding carboxylic acids is 2. The van der Waals surface area contributed by atoms with Crippen molar-refractivity contribution in [2.45, 2.75) is 38.5 Å². The molecule has 3 aromatic rings. The molecule has 7 nitrogen and oxygen atoms in total. The molecule has 1 unspecified atom stereocenters. The molecule has 2 aromatic carbocycles. The fourth-order valence-electron chi connectivity index (χ4n) is 3.28. The molecule has 0 fully saturated rings. The Morgan fingerprint density at radius 2 is 1.94 bits per heavy atom. The lowest BCUT2D eigenvalue weighted by atomic mass is 10.1. The summed E-state index contributed by atoms with van der Waals surface area (Å²) in [5, 5.41) is 15.6. The molecule has 1 aromatic heterocycles. The average Bonchev–Trinajstić information content (AvgIpc) is 3.17. The maximum absolute atomic E-state index is 12.7. The number of hydrogen-bond donors (Lipinski definition) is 2. The van der Waals surface area contributed by atoms with Gasteiger partial charge < -0.3 is 15.2 Å². The number of aromatic nitrogens is 3. The first-order chi connectivity index (χ1) is 15.8. The minimum Gasteiger partial charge on any atom is -0.342 e. The number of aryl methyl sites for hydroxylation is 2. The standard InChI is InChI=1S/C24H26ClN5O2S/c1-5-12-30-22(17(4)26-23(32)19-9-7-6-8-15(19)2)28-29-24(30)33-14-21(31)27-20-11-10-18(25)13-16(20)3/h5-11,13,17H,1,12,14H2,2-4H3,(H,26,32)(H,27,31). The van der Waals surface area contributed by atoms with Crippen molar-refractivity contribution in [1.29, 1.82) is 0 Å². The second-order valence-corrected chi connectivity index (χ2v) is 8.93. The zero-order valence-corrected chi connectivity index (χ0v) is 20.3. The summed E-state index contributed by atoms with van der Waals surface area (Å²) < 4.78 is 1.85. The number of benzene rings is 2. The molecule has 172 valence electrons. The van der Waals surface area contributed by atoms with Crippen molar-refractivity contribution in [3.05, 3.63) is 82.7 Å². The van der Waals surface area contributed by atoms with Gasteiger partial charge in [0.15, 0.2) is 11.0 Å². The average molecular weight is 484 g/mol. The summed E-state index contributed by atoms with van der Waals surface area (Å²) in [6, 6.07) is 12.3. The Balaban J connectivity index is 1.68. The lowest BCUT2D eigenvalue weighted by Gasteiger charge is -2.16. The largest absolute Gasteiger partial charge is 0.342 e. The molecule has 3 rings (SSSR count). The van der Waals surface area contributed by atoms with Gasteiger partial charge in [-0.15, -0.1) is 16.8 Å². The number of carbonyl (C=O) groups is 2. The summed E-state index contributed by atoms with van der Waals surface area (Å²) in [5.74, 6) is 0.399. The molecule has 0 aliphatic rings. The molecule has 2 amide bonds. The van der Waals surface area contributed by atoms with Gasteiger partial charge in [-0.05, 0) is 56.2 Å². The van der Waals surface area contributed by atoms with Crippen molar-refractivity contribution in [3.8, 4) is 0 Å². The van der Waals surface area contributed by atoms with Gasteiger partial charge in [-0.2, -0.15) is 0 Å². The lowest BCUT2D eigenvalue weighted by molar-refractivity contribution is -0.113. The van der Waals surface area contributed by atoms with Crippen LogP contribution in [-0.4, -0.2) is 32.3 Å². The number of rotatable bonds is 9. The van der Waals surface area contributed by atoms with Crippen molar-refractivity contribution >= 4 is 40.9 Å². The number of amides is 2. The van der Waals surface area contributed by atoms with Crippen LogP contribution in [0.4, 0.5) is 5.69 Å². The molecule has 0 saturated heterocycles. The van der Waals surface area contributed by atoms with E-state index in [1.807, 2.05) is 43.5 Å². The summed E-state index contributed by atoms with van der Waals surface area (Å²) in [6.07, 6.45) is 1.73. The van der Waals surface area contributed by atoms with Crippen LogP contribution >= 0.6 is 23.4 Å². The third-order valence-corrected chi connectivity index (χ3v) is 6.18. The second kappa shape index (κ2) is 11.2. The highest BCUT2D eigenvalue weighted by Gasteiger charge is 2.21. The molecule has 0 aliphatic heterocycles. The Labute approximate surface area is 202 Å². The van der Waals surface area contributed by atoms with Gasteiger partial charge in [-0.1, -0.05) is 47.6 Å². The predicted molar refractivity (Wildman–Crippen MR) is 133 cm³/mol. The smallest absolute Gasteiger partial charge is 0.252 e. The zero-order chi connectivity index (χ0) is 24.0. The number of anilines is 1. The van der Waals surface area contributed by atoms with Crippen molar-refractivity contribution in [1.82, 2.24) is 20.1 Å². The van der Waals surface area contributed by atoms with Crippen molar-refractivity contribution in [2.75, 3.05) is 11.1 Å². The highest BCUT2D eigenvalue weighted by Crippen LogP contribution is 2.23. The van der Waals surface area contributed by atoms with E-state index in [1.165, 1.54) is 11.8 Å². The van der Waals surface area contributed by atoms with Crippen LogP contribution in [0.15, 0.2) is 60.3 Å². The molecular weight excluding hydrogens is 458 g/mol. The van der Waals surface area contributed by atoms with E-state index in [2.05, 4.69) is 27.4 Å². The summed E-state index contributed by atoms with van der Waals surface area (Å²) in [5.41, 5.74) is 3.11. The van der Waals surface area contributed by atoms with Crippen LogP contribution < -0.4 is 10.6 Å². The number of nitrogens with zero attached hydrogens (tertiary/aromatic N) is 3. The van der Waals surface area contributed by atoms with Crippen LogP contribution in [0.25, 0.3) is 0 Å². The Kier molecular flexibility index (Phi) is 8.30. The van der Waals surface area contributed by atoms with Gasteiger partial charge in [0, 0.05) is 22.8 Å². The van der Waals surface area contributed by atoms with E-state index in [9.17, 15) is 9.59 Å². The van der Waals surface area contributed by atoms with E-state index >= 15 is 0 Å². The number of hydrogen-bond acceptors (Lipinski definition) is 5. The molecule has 9 heteroatoms. The van der Waals surface area contributed by atoms with Gasteiger partial charge in [0.25, 0.3) is 5.91 Å². The zero-order valence-electron chi connectivity index (χ0n) is 18.8. The molecule has 2 N–H and O–H groups in total. The fourth-order valence-corrected chi connectivity index (χ4v) is 4.26. The van der Waals surface area contributed by atoms with Crippen LogP contribution in [0.1, 0.15) is 40.3 Å². The summed E-state index contributed by atoms with van der Waals surface area (Å²) in [4.78, 5) is 25.2. The molecule has 1 atom stereocenters. The first-order valence-electron chi connectivity index (χ1n) is 10.4. The predicted octanol–water partition coefficient (Wildman–Crippen LogP) is 4.96. The second-order valence-electron chi connectivity index (χ2n) is 7.55. The van der Waals surface area contributed by atoms with Gasteiger partial charge in [-0.25, -0.2) is 0 Å². The van der Waals surface area contributed by atoms with Crippen molar-refractivity contribution in [2.24, 2.45) is 0 Å². The van der Waals surface area contributed by atoms with Crippen LogP contribution in [0.5, 0.6) is 0 Å². The molecule has 33 heavy (non-hydrogen) atoms. The molecule has 1 heterocycles. The summed E-state index contributed by atoms with van der Waals surface area (Å²) in [7, 11) is 0. The third-order valence-electron chi connectivity index (χ3n) is 4.98. The van der Waals surface area contributed by atoms with Crippen LogP contribution in [0, 0.1) is 13.8 Å². The van der Waals surface area contributed by atoms with E-state index in [4.69, 9.17) is 11.6 Å². The minimum absolute atomic E-state index is 0.154. The van der Waals surface area contributed by atoms with E-state index < -0.39 is 0 Å². The summed E-state index contributed by atoms with van der Waals surface area (Å²) >= 11 is 7.24. The van der Waals surface area contributed by atoms with E-state index in [-0.39, 0.29) is 23.6 Å².